The zero-order valence-corrected chi connectivity index (χ0v) is 17.1. The van der Waals surface area contributed by atoms with E-state index in [0.717, 1.165) is 53.4 Å². The summed E-state index contributed by atoms with van der Waals surface area (Å²) in [6.07, 6.45) is -0.584. The minimum Gasteiger partial charge on any atom is -0.245 e. The fourth-order valence-corrected chi connectivity index (χ4v) is 5.50. The monoisotopic (exact) mass is 430 g/mol. The minimum absolute atomic E-state index is 0.111. The lowest BCUT2D eigenvalue weighted by molar-refractivity contribution is -0.138. The maximum Gasteiger partial charge on any atom is 0.416 e. The van der Waals surface area contributed by atoms with E-state index >= 15 is 0 Å². The van der Waals surface area contributed by atoms with Gasteiger partial charge in [0.2, 0.25) is 0 Å². The van der Waals surface area contributed by atoms with Crippen LogP contribution in [0.4, 0.5) is 13.2 Å². The Bertz CT molecular complexity index is 1070. The highest BCUT2D eigenvalue weighted by molar-refractivity contribution is 7.98. The summed E-state index contributed by atoms with van der Waals surface area (Å²) in [7, 11) is 0. The molecule has 0 amide bonds. The molecule has 29 heavy (non-hydrogen) atoms. The molecule has 0 atom stereocenters. The molecule has 0 N–H and O–H groups in total. The average Bonchev–Trinajstić information content (AvgIpc) is 3.25. The van der Waals surface area contributed by atoms with Crippen molar-refractivity contribution >= 4 is 23.1 Å². The van der Waals surface area contributed by atoms with Crippen molar-refractivity contribution in [2.75, 3.05) is 0 Å². The van der Waals surface area contributed by atoms with Crippen molar-refractivity contribution in [3.8, 4) is 16.5 Å². The number of thioether (sulfide) groups is 1. The number of hydrogen-bond donors (Lipinski definition) is 0. The number of alkyl halides is 3. The third-order valence-corrected chi connectivity index (χ3v) is 6.92. The first kappa shape index (κ1) is 20.0. The molecule has 1 aliphatic carbocycles. The van der Waals surface area contributed by atoms with Gasteiger partial charge in [-0.15, -0.1) is 23.1 Å². The van der Waals surface area contributed by atoms with Crippen LogP contribution in [0.5, 0.6) is 0 Å². The van der Waals surface area contributed by atoms with Gasteiger partial charge in [-0.25, -0.2) is 4.98 Å². The van der Waals surface area contributed by atoms with Crippen LogP contribution in [0.1, 0.15) is 40.8 Å². The predicted molar refractivity (Wildman–Crippen MR) is 110 cm³/mol. The molecular formula is C22H17F3N2S2. The van der Waals surface area contributed by atoms with Crippen LogP contribution in [0.25, 0.3) is 10.4 Å². The van der Waals surface area contributed by atoms with Crippen LogP contribution in [-0.2, 0) is 24.8 Å². The zero-order valence-electron chi connectivity index (χ0n) is 15.4. The van der Waals surface area contributed by atoms with Crippen molar-refractivity contribution in [2.45, 2.75) is 42.6 Å². The summed E-state index contributed by atoms with van der Waals surface area (Å²) < 4.78 is 40.0. The van der Waals surface area contributed by atoms with Crippen molar-refractivity contribution in [1.29, 1.82) is 5.26 Å². The molecule has 0 saturated carbocycles. The number of benzene rings is 1. The Kier molecular flexibility index (Phi) is 5.66. The predicted octanol–water partition coefficient (Wildman–Crippen LogP) is 6.87. The summed E-state index contributed by atoms with van der Waals surface area (Å²) in [6.45, 7) is 0. The topological polar surface area (TPSA) is 36.7 Å². The summed E-state index contributed by atoms with van der Waals surface area (Å²) in [5, 5.41) is 12.4. The van der Waals surface area contributed by atoms with Gasteiger partial charge in [-0.05, 0) is 54.3 Å². The molecule has 2 heterocycles. The highest BCUT2D eigenvalue weighted by Crippen LogP contribution is 2.41. The maximum atomic E-state index is 13.3. The molecule has 0 spiro atoms. The first-order valence-electron chi connectivity index (χ1n) is 9.26. The summed E-state index contributed by atoms with van der Waals surface area (Å²) in [5.74, 6) is 0.111. The zero-order chi connectivity index (χ0) is 20.4. The van der Waals surface area contributed by atoms with Gasteiger partial charge in [-0.3, -0.25) is 0 Å². The quantitative estimate of drug-likeness (QED) is 0.424. The molecular weight excluding hydrogens is 413 g/mol. The van der Waals surface area contributed by atoms with E-state index < -0.39 is 11.7 Å². The SMILES string of the molecule is N#Cc1c(SCc2ccccc2C(F)(F)F)nc2c(c1-c1cccs1)CCCC2. The number of pyridine rings is 1. The van der Waals surface area contributed by atoms with Gasteiger partial charge in [0.15, 0.2) is 0 Å². The average molecular weight is 431 g/mol. The van der Waals surface area contributed by atoms with E-state index in [-0.39, 0.29) is 11.3 Å². The van der Waals surface area contributed by atoms with Gasteiger partial charge < -0.3 is 0 Å². The van der Waals surface area contributed by atoms with Crippen LogP contribution < -0.4 is 0 Å². The molecule has 7 heteroatoms. The van der Waals surface area contributed by atoms with Crippen LogP contribution in [0.15, 0.2) is 46.8 Å². The second-order valence-electron chi connectivity index (χ2n) is 6.83. The van der Waals surface area contributed by atoms with Gasteiger partial charge >= 0.3 is 6.18 Å². The van der Waals surface area contributed by atoms with Crippen LogP contribution in [-0.4, -0.2) is 4.98 Å². The first-order valence-corrected chi connectivity index (χ1v) is 11.1. The van der Waals surface area contributed by atoms with Crippen LogP contribution >= 0.6 is 23.1 Å². The third-order valence-electron chi connectivity index (χ3n) is 5.01. The maximum absolute atomic E-state index is 13.3. The van der Waals surface area contributed by atoms with Crippen LogP contribution in [0.2, 0.25) is 0 Å². The fraction of sp³-hybridized carbons (Fsp3) is 0.273. The first-order chi connectivity index (χ1) is 14.0. The summed E-state index contributed by atoms with van der Waals surface area (Å²) in [4.78, 5) is 5.74. The fourth-order valence-electron chi connectivity index (χ4n) is 3.69. The molecule has 0 fully saturated rings. The molecule has 1 aliphatic rings. The molecule has 2 aromatic heterocycles. The van der Waals surface area contributed by atoms with Crippen molar-refractivity contribution in [3.63, 3.8) is 0 Å². The number of rotatable bonds is 4. The highest BCUT2D eigenvalue weighted by atomic mass is 32.2. The Labute approximate surface area is 175 Å². The second-order valence-corrected chi connectivity index (χ2v) is 8.74. The van der Waals surface area contributed by atoms with Gasteiger partial charge in [-0.1, -0.05) is 24.3 Å². The molecule has 148 valence electrons. The van der Waals surface area contributed by atoms with E-state index in [0.29, 0.717) is 10.6 Å². The number of hydrogen-bond acceptors (Lipinski definition) is 4. The van der Waals surface area contributed by atoms with Crippen molar-refractivity contribution in [2.24, 2.45) is 0 Å². The summed E-state index contributed by atoms with van der Waals surface area (Å²) >= 11 is 2.78. The summed E-state index contributed by atoms with van der Waals surface area (Å²) in [5.41, 5.74) is 3.05. The normalized spacial score (nSPS) is 13.7. The van der Waals surface area contributed by atoms with Crippen molar-refractivity contribution < 1.29 is 13.2 Å². The Morgan fingerprint density at radius 1 is 1.10 bits per heavy atom. The lowest BCUT2D eigenvalue weighted by atomic mass is 9.89. The lowest BCUT2D eigenvalue weighted by Crippen LogP contribution is -2.11. The Morgan fingerprint density at radius 3 is 2.62 bits per heavy atom. The molecule has 4 rings (SSSR count). The van der Waals surface area contributed by atoms with Crippen LogP contribution in [0, 0.1) is 11.3 Å². The van der Waals surface area contributed by atoms with E-state index in [1.165, 1.54) is 23.9 Å². The van der Waals surface area contributed by atoms with Gasteiger partial charge in [0, 0.05) is 21.9 Å². The van der Waals surface area contributed by atoms with E-state index in [9.17, 15) is 18.4 Å². The number of aryl methyl sites for hydroxylation is 1. The summed E-state index contributed by atoms with van der Waals surface area (Å²) in [6, 6.07) is 11.8. The molecule has 0 unspecified atom stereocenters. The number of thiophene rings is 1. The molecule has 0 bridgehead atoms. The van der Waals surface area contributed by atoms with E-state index in [2.05, 4.69) is 6.07 Å². The second kappa shape index (κ2) is 8.21. The number of nitrogens with zero attached hydrogens (tertiary/aromatic N) is 2. The molecule has 0 aliphatic heterocycles. The highest BCUT2D eigenvalue weighted by Gasteiger charge is 2.33. The van der Waals surface area contributed by atoms with Gasteiger partial charge in [-0.2, -0.15) is 18.4 Å². The number of aromatic nitrogens is 1. The molecule has 3 aromatic rings. The Hall–Kier alpha value is -2.30. The minimum atomic E-state index is -4.40. The molecule has 0 saturated heterocycles. The Balaban J connectivity index is 1.76. The number of nitriles is 1. The number of fused-ring (bicyclic) bond motifs is 1. The van der Waals surface area contributed by atoms with Gasteiger partial charge in [0.1, 0.15) is 11.1 Å². The smallest absolute Gasteiger partial charge is 0.245 e. The van der Waals surface area contributed by atoms with Gasteiger partial charge in [0.25, 0.3) is 0 Å². The van der Waals surface area contributed by atoms with Gasteiger partial charge in [0.05, 0.1) is 11.1 Å². The van der Waals surface area contributed by atoms with E-state index in [4.69, 9.17) is 4.98 Å². The molecule has 0 radical (unpaired) electrons. The standard InChI is InChI=1S/C22H17F3N2S2/c23-22(24,25)17-8-3-1-6-14(17)13-29-21-16(12-26)20(19-10-5-11-28-19)15-7-2-4-9-18(15)27-21/h1,3,5-6,8,10-11H,2,4,7,9,13H2. The number of halogens is 3. The molecule has 1 aromatic carbocycles. The Morgan fingerprint density at radius 2 is 1.90 bits per heavy atom. The van der Waals surface area contributed by atoms with E-state index in [1.54, 1.807) is 17.4 Å². The largest absolute Gasteiger partial charge is 0.416 e. The lowest BCUT2D eigenvalue weighted by Gasteiger charge is -2.21. The van der Waals surface area contributed by atoms with Crippen molar-refractivity contribution in [1.82, 2.24) is 4.98 Å². The molecule has 2 nitrogen and oxygen atoms in total. The van der Waals surface area contributed by atoms with E-state index in [1.807, 2.05) is 17.5 Å². The van der Waals surface area contributed by atoms with Crippen LogP contribution in [0.3, 0.4) is 0 Å². The third kappa shape index (κ3) is 4.05. The van der Waals surface area contributed by atoms with Crippen molar-refractivity contribution in [3.05, 3.63) is 69.7 Å².